The molecule has 3 aliphatic rings. The summed E-state index contributed by atoms with van der Waals surface area (Å²) < 4.78 is 5.38. The molecular weight excluding hydrogens is 370 g/mol. The third-order valence-corrected chi connectivity index (χ3v) is 6.64. The highest BCUT2D eigenvalue weighted by atomic mass is 32.1. The van der Waals surface area contributed by atoms with Crippen molar-refractivity contribution in [1.29, 1.82) is 0 Å². The molecule has 1 N–H and O–H groups in total. The first-order chi connectivity index (χ1) is 13.6. The van der Waals surface area contributed by atoms with Gasteiger partial charge in [-0.1, -0.05) is 0 Å². The van der Waals surface area contributed by atoms with Crippen molar-refractivity contribution in [3.63, 3.8) is 0 Å². The van der Waals surface area contributed by atoms with Crippen LogP contribution in [0.15, 0.2) is 24.3 Å². The molecule has 28 heavy (non-hydrogen) atoms. The van der Waals surface area contributed by atoms with Crippen LogP contribution in [0, 0.1) is 4.77 Å². The Labute approximate surface area is 170 Å². The van der Waals surface area contributed by atoms with Crippen molar-refractivity contribution in [3.05, 3.63) is 40.4 Å². The maximum absolute atomic E-state index is 11.5. The van der Waals surface area contributed by atoms with E-state index in [1.54, 1.807) is 6.92 Å². The van der Waals surface area contributed by atoms with Crippen molar-refractivity contribution in [2.45, 2.75) is 51.2 Å². The molecule has 2 heterocycles. The van der Waals surface area contributed by atoms with Crippen molar-refractivity contribution < 1.29 is 9.69 Å². The van der Waals surface area contributed by atoms with E-state index in [0.29, 0.717) is 12.0 Å². The number of quaternary nitrogens is 1. The predicted octanol–water partition coefficient (Wildman–Crippen LogP) is 2.19. The van der Waals surface area contributed by atoms with E-state index in [2.05, 4.69) is 26.3 Å². The van der Waals surface area contributed by atoms with Crippen molar-refractivity contribution in [1.82, 2.24) is 14.3 Å². The van der Waals surface area contributed by atoms with Crippen LogP contribution in [0.5, 0.6) is 0 Å². The molecule has 1 saturated heterocycles. The SMILES string of the molecule is CC(=O)c1ccc(N2CC[NH+](Cn3nc(C4CC4)n(C4CC4)c3=S)CC2)cc1. The van der Waals surface area contributed by atoms with Gasteiger partial charge in [0.25, 0.3) is 0 Å². The van der Waals surface area contributed by atoms with Crippen LogP contribution in [-0.2, 0) is 6.67 Å². The molecule has 0 spiro atoms. The molecule has 2 aliphatic carbocycles. The van der Waals surface area contributed by atoms with Crippen LogP contribution in [0.25, 0.3) is 0 Å². The van der Waals surface area contributed by atoms with Crippen LogP contribution in [0.3, 0.4) is 0 Å². The minimum atomic E-state index is 0.119. The number of anilines is 1. The lowest BCUT2D eigenvalue weighted by Crippen LogP contribution is -3.14. The number of rotatable bonds is 6. The molecule has 7 heteroatoms. The van der Waals surface area contributed by atoms with Crippen LogP contribution >= 0.6 is 12.2 Å². The maximum atomic E-state index is 11.5. The molecule has 1 aromatic carbocycles. The van der Waals surface area contributed by atoms with Crippen molar-refractivity contribution in [2.24, 2.45) is 0 Å². The van der Waals surface area contributed by atoms with Gasteiger partial charge in [0.05, 0.1) is 26.2 Å². The van der Waals surface area contributed by atoms with Gasteiger partial charge >= 0.3 is 0 Å². The molecule has 0 radical (unpaired) electrons. The Balaban J connectivity index is 1.24. The number of hydrogen-bond acceptors (Lipinski definition) is 4. The van der Waals surface area contributed by atoms with Gasteiger partial charge in [0, 0.05) is 23.2 Å². The van der Waals surface area contributed by atoms with E-state index in [1.807, 2.05) is 12.1 Å². The summed E-state index contributed by atoms with van der Waals surface area (Å²) in [6, 6.07) is 8.61. The summed E-state index contributed by atoms with van der Waals surface area (Å²) in [6.07, 6.45) is 5.06. The summed E-state index contributed by atoms with van der Waals surface area (Å²) in [5.41, 5.74) is 1.98. The van der Waals surface area contributed by atoms with Crippen LogP contribution < -0.4 is 9.80 Å². The molecule has 1 aromatic heterocycles. The third kappa shape index (κ3) is 3.53. The summed E-state index contributed by atoms with van der Waals surface area (Å²) in [7, 11) is 0. The lowest BCUT2D eigenvalue weighted by atomic mass is 10.1. The molecule has 2 saturated carbocycles. The molecule has 5 rings (SSSR count). The van der Waals surface area contributed by atoms with Crippen molar-refractivity contribution >= 4 is 23.7 Å². The van der Waals surface area contributed by atoms with Crippen LogP contribution in [0.1, 0.15) is 60.7 Å². The lowest BCUT2D eigenvalue weighted by molar-refractivity contribution is -0.924. The van der Waals surface area contributed by atoms with Gasteiger partial charge in [-0.3, -0.25) is 4.79 Å². The molecule has 0 unspecified atom stereocenters. The molecule has 2 aromatic rings. The molecule has 6 nitrogen and oxygen atoms in total. The van der Waals surface area contributed by atoms with Gasteiger partial charge in [-0.05, 0) is 69.1 Å². The van der Waals surface area contributed by atoms with Gasteiger partial charge in [-0.15, -0.1) is 0 Å². The quantitative estimate of drug-likeness (QED) is 0.599. The van der Waals surface area contributed by atoms with E-state index < -0.39 is 0 Å². The average molecular weight is 399 g/mol. The zero-order valence-corrected chi connectivity index (χ0v) is 17.2. The van der Waals surface area contributed by atoms with Crippen molar-refractivity contribution in [2.75, 3.05) is 31.1 Å². The maximum Gasteiger partial charge on any atom is 0.203 e. The first-order valence-electron chi connectivity index (χ1n) is 10.5. The van der Waals surface area contributed by atoms with E-state index in [1.165, 1.54) is 42.1 Å². The average Bonchev–Trinajstić information content (AvgIpc) is 3.62. The fourth-order valence-electron chi connectivity index (χ4n) is 4.19. The monoisotopic (exact) mass is 398 g/mol. The number of aromatic nitrogens is 3. The Kier molecular flexibility index (Phi) is 4.59. The number of piperazine rings is 1. The molecular formula is C21H28N5OS+. The zero-order valence-electron chi connectivity index (χ0n) is 16.4. The Morgan fingerprint density at radius 1 is 1.14 bits per heavy atom. The molecule has 1 aliphatic heterocycles. The highest BCUT2D eigenvalue weighted by Crippen LogP contribution is 2.44. The number of hydrogen-bond donors (Lipinski definition) is 1. The number of nitrogens with one attached hydrogen (secondary N) is 1. The highest BCUT2D eigenvalue weighted by Gasteiger charge is 2.36. The van der Waals surface area contributed by atoms with E-state index >= 15 is 0 Å². The van der Waals surface area contributed by atoms with Gasteiger partial charge in [0.15, 0.2) is 12.5 Å². The standard InChI is InChI=1S/C21H27N5OS/c1-15(27)16-4-6-18(7-5-16)24-12-10-23(11-13-24)14-25-21(28)26(19-8-9-19)20(22-25)17-2-3-17/h4-7,17,19H,2-3,8-14H2,1H3/p+1. The molecule has 148 valence electrons. The Hall–Kier alpha value is -1.99. The Morgan fingerprint density at radius 3 is 2.39 bits per heavy atom. The number of nitrogens with zero attached hydrogens (tertiary/aromatic N) is 4. The van der Waals surface area contributed by atoms with Crippen molar-refractivity contribution in [3.8, 4) is 0 Å². The fraction of sp³-hybridized carbons (Fsp3) is 0.571. The smallest absolute Gasteiger partial charge is 0.203 e. The van der Waals surface area contributed by atoms with E-state index in [9.17, 15) is 4.79 Å². The van der Waals surface area contributed by atoms with Gasteiger partial charge in [0.2, 0.25) is 4.77 Å². The number of Topliss-reactive ketones (excluding diaryl/α,β-unsaturated/α-hetero) is 1. The Bertz CT molecular complexity index is 931. The predicted molar refractivity (Wildman–Crippen MR) is 111 cm³/mol. The number of ketones is 1. The first-order valence-corrected chi connectivity index (χ1v) is 10.9. The zero-order chi connectivity index (χ0) is 19.3. The minimum absolute atomic E-state index is 0.119. The molecule has 0 atom stereocenters. The number of benzene rings is 1. The second-order valence-electron chi connectivity index (χ2n) is 8.51. The van der Waals surface area contributed by atoms with Gasteiger partial charge in [-0.25, -0.2) is 0 Å². The summed E-state index contributed by atoms with van der Waals surface area (Å²) in [5.74, 6) is 2.01. The fourth-order valence-corrected chi connectivity index (χ4v) is 4.54. The summed E-state index contributed by atoms with van der Waals surface area (Å²) in [5, 5.41) is 4.94. The molecule has 0 bridgehead atoms. The Morgan fingerprint density at radius 2 is 1.82 bits per heavy atom. The first kappa shape index (κ1) is 18.1. The third-order valence-electron chi connectivity index (χ3n) is 6.23. The molecule has 3 fully saturated rings. The summed E-state index contributed by atoms with van der Waals surface area (Å²) in [6.45, 7) is 6.66. The number of carbonyl (C=O) groups excluding carboxylic acids is 1. The lowest BCUT2D eigenvalue weighted by Gasteiger charge is -2.33. The van der Waals surface area contributed by atoms with E-state index in [-0.39, 0.29) is 5.78 Å². The highest BCUT2D eigenvalue weighted by molar-refractivity contribution is 7.71. The van der Waals surface area contributed by atoms with Crippen LogP contribution in [0.2, 0.25) is 0 Å². The van der Waals surface area contributed by atoms with Gasteiger partial charge in [0.1, 0.15) is 5.82 Å². The number of carbonyl (C=O) groups is 1. The summed E-state index contributed by atoms with van der Waals surface area (Å²) in [4.78, 5) is 15.4. The van der Waals surface area contributed by atoms with E-state index in [0.717, 1.165) is 43.2 Å². The summed E-state index contributed by atoms with van der Waals surface area (Å²) >= 11 is 5.79. The van der Waals surface area contributed by atoms with E-state index in [4.69, 9.17) is 17.3 Å². The molecule has 0 amide bonds. The van der Waals surface area contributed by atoms with Crippen LogP contribution in [-0.4, -0.2) is 46.3 Å². The van der Waals surface area contributed by atoms with Crippen LogP contribution in [0.4, 0.5) is 5.69 Å². The van der Waals surface area contributed by atoms with Gasteiger partial charge in [-0.2, -0.15) is 9.78 Å². The second kappa shape index (κ2) is 7.12. The normalized spacial score (nSPS) is 20.5. The largest absolute Gasteiger partial charge is 0.360 e. The topological polar surface area (TPSA) is 47.5 Å². The second-order valence-corrected chi connectivity index (χ2v) is 8.88. The van der Waals surface area contributed by atoms with Gasteiger partial charge < -0.3 is 14.4 Å². The minimum Gasteiger partial charge on any atom is -0.360 e.